The van der Waals surface area contributed by atoms with Gasteiger partial charge in [0.05, 0.1) is 0 Å². The van der Waals surface area contributed by atoms with Gasteiger partial charge in [-0.25, -0.2) is 0 Å². The second-order valence-corrected chi connectivity index (χ2v) is 7.04. The third-order valence-electron chi connectivity index (χ3n) is 5.25. The van der Waals surface area contributed by atoms with E-state index in [1.165, 1.54) is 6.42 Å². The Labute approximate surface area is 150 Å². The van der Waals surface area contributed by atoms with Gasteiger partial charge in [-0.05, 0) is 44.4 Å². The number of amides is 2. The number of carbonyl (C=O) groups is 2. The van der Waals surface area contributed by atoms with Crippen molar-refractivity contribution < 1.29 is 9.59 Å². The van der Waals surface area contributed by atoms with Gasteiger partial charge in [0.1, 0.15) is 0 Å². The van der Waals surface area contributed by atoms with Crippen LogP contribution in [0.4, 0.5) is 0 Å². The summed E-state index contributed by atoms with van der Waals surface area (Å²) in [6.45, 7) is 6.02. The smallest absolute Gasteiger partial charge is 0.253 e. The fourth-order valence-electron chi connectivity index (χ4n) is 3.72. The van der Waals surface area contributed by atoms with Gasteiger partial charge >= 0.3 is 0 Å². The lowest BCUT2D eigenvalue weighted by Crippen LogP contribution is -2.39. The van der Waals surface area contributed by atoms with Crippen molar-refractivity contribution in [3.63, 3.8) is 0 Å². The van der Waals surface area contributed by atoms with Gasteiger partial charge in [0.2, 0.25) is 5.91 Å². The van der Waals surface area contributed by atoms with E-state index in [9.17, 15) is 9.59 Å². The van der Waals surface area contributed by atoms with Gasteiger partial charge in [0, 0.05) is 51.3 Å². The molecule has 0 N–H and O–H groups in total. The lowest BCUT2D eigenvalue weighted by atomic mass is 10.1. The van der Waals surface area contributed by atoms with Crippen molar-refractivity contribution in [2.45, 2.75) is 32.1 Å². The van der Waals surface area contributed by atoms with Gasteiger partial charge < -0.3 is 14.7 Å². The van der Waals surface area contributed by atoms with Crippen LogP contribution in [0.3, 0.4) is 0 Å². The number of likely N-dealkylation sites (tertiary alicyclic amines) is 1. The molecule has 0 radical (unpaired) electrons. The summed E-state index contributed by atoms with van der Waals surface area (Å²) in [6, 6.07) is 9.50. The van der Waals surface area contributed by atoms with Crippen molar-refractivity contribution in [2.24, 2.45) is 0 Å². The topological polar surface area (TPSA) is 43.9 Å². The number of hydrogen-bond donors (Lipinski definition) is 0. The Kier molecular flexibility index (Phi) is 6.45. The highest BCUT2D eigenvalue weighted by Gasteiger charge is 2.21. The Morgan fingerprint density at radius 3 is 2.24 bits per heavy atom. The van der Waals surface area contributed by atoms with Crippen LogP contribution in [0, 0.1) is 0 Å². The summed E-state index contributed by atoms with van der Waals surface area (Å²) >= 11 is 0. The summed E-state index contributed by atoms with van der Waals surface area (Å²) in [5.74, 6) is 0.410. The molecule has 25 heavy (non-hydrogen) atoms. The molecular formula is C20H29N3O2. The van der Waals surface area contributed by atoms with Gasteiger partial charge in [0.25, 0.3) is 5.91 Å². The predicted octanol–water partition coefficient (Wildman–Crippen LogP) is 2.24. The highest BCUT2D eigenvalue weighted by atomic mass is 16.2. The Hall–Kier alpha value is -1.88. The Balaban J connectivity index is 1.45. The van der Waals surface area contributed by atoms with Crippen LogP contribution < -0.4 is 0 Å². The van der Waals surface area contributed by atoms with Gasteiger partial charge in [-0.15, -0.1) is 0 Å². The molecule has 1 aromatic carbocycles. The van der Waals surface area contributed by atoms with Crippen LogP contribution in [0.2, 0.25) is 0 Å². The first kappa shape index (κ1) is 17.9. The molecule has 136 valence electrons. The van der Waals surface area contributed by atoms with E-state index in [1.54, 1.807) is 0 Å². The van der Waals surface area contributed by atoms with Gasteiger partial charge in [-0.3, -0.25) is 9.59 Å². The minimum absolute atomic E-state index is 0.117. The summed E-state index contributed by atoms with van der Waals surface area (Å²) in [4.78, 5) is 31.2. The molecule has 2 aliphatic heterocycles. The molecule has 0 bridgehead atoms. The maximum Gasteiger partial charge on any atom is 0.253 e. The number of piperidine rings is 1. The van der Waals surface area contributed by atoms with Crippen LogP contribution in [0.1, 0.15) is 42.5 Å². The lowest BCUT2D eigenvalue weighted by molar-refractivity contribution is -0.132. The number of benzene rings is 1. The predicted molar refractivity (Wildman–Crippen MR) is 98.5 cm³/mol. The third-order valence-corrected chi connectivity index (χ3v) is 5.25. The van der Waals surface area contributed by atoms with Crippen molar-refractivity contribution in [3.05, 3.63) is 35.9 Å². The molecule has 2 aliphatic rings. The van der Waals surface area contributed by atoms with Crippen LogP contribution in [0.5, 0.6) is 0 Å². The van der Waals surface area contributed by atoms with Crippen molar-refractivity contribution in [3.8, 4) is 0 Å². The van der Waals surface area contributed by atoms with E-state index in [2.05, 4.69) is 4.90 Å². The average molecular weight is 343 g/mol. The summed E-state index contributed by atoms with van der Waals surface area (Å²) < 4.78 is 0. The minimum atomic E-state index is 0.117. The van der Waals surface area contributed by atoms with Crippen molar-refractivity contribution >= 4 is 11.8 Å². The second kappa shape index (κ2) is 8.99. The van der Waals surface area contributed by atoms with Crippen LogP contribution in [-0.2, 0) is 4.79 Å². The fraction of sp³-hybridized carbons (Fsp3) is 0.600. The summed E-state index contributed by atoms with van der Waals surface area (Å²) in [5, 5.41) is 0. The minimum Gasteiger partial charge on any atom is -0.343 e. The molecule has 0 saturated carbocycles. The molecule has 5 nitrogen and oxygen atoms in total. The van der Waals surface area contributed by atoms with Crippen LogP contribution in [-0.4, -0.2) is 72.3 Å². The van der Waals surface area contributed by atoms with E-state index >= 15 is 0 Å². The summed E-state index contributed by atoms with van der Waals surface area (Å²) in [7, 11) is 0. The molecule has 2 amide bonds. The van der Waals surface area contributed by atoms with E-state index in [0.717, 1.165) is 70.6 Å². The lowest BCUT2D eigenvalue weighted by Gasteiger charge is -2.28. The average Bonchev–Trinajstić information content (AvgIpc) is 2.92. The van der Waals surface area contributed by atoms with Crippen molar-refractivity contribution in [1.29, 1.82) is 0 Å². The highest BCUT2D eigenvalue weighted by Crippen LogP contribution is 2.12. The van der Waals surface area contributed by atoms with E-state index in [1.807, 2.05) is 40.1 Å². The van der Waals surface area contributed by atoms with Crippen molar-refractivity contribution in [1.82, 2.24) is 14.7 Å². The maximum atomic E-state index is 12.6. The summed E-state index contributed by atoms with van der Waals surface area (Å²) in [5.41, 5.74) is 0.760. The number of nitrogens with zero attached hydrogens (tertiary/aromatic N) is 3. The first-order valence-corrected chi connectivity index (χ1v) is 9.58. The number of carbonyl (C=O) groups excluding carboxylic acids is 2. The molecule has 0 spiro atoms. The SMILES string of the molecule is O=C(CCN1CCCN(C(=O)c2ccccc2)CC1)N1CCCCC1. The summed E-state index contributed by atoms with van der Waals surface area (Å²) in [6.07, 6.45) is 5.11. The molecule has 2 heterocycles. The van der Waals surface area contributed by atoms with Gasteiger partial charge in [-0.2, -0.15) is 0 Å². The molecular weight excluding hydrogens is 314 g/mol. The number of rotatable bonds is 4. The first-order valence-electron chi connectivity index (χ1n) is 9.58. The standard InChI is InChI=1S/C20H29N3O2/c24-19(22-12-5-2-6-13-22)10-15-21-11-7-14-23(17-16-21)20(25)18-8-3-1-4-9-18/h1,3-4,8-9H,2,5-7,10-17H2. The molecule has 3 rings (SSSR count). The molecule has 0 atom stereocenters. The van der Waals surface area contributed by atoms with E-state index < -0.39 is 0 Å². The Bertz CT molecular complexity index is 570. The van der Waals surface area contributed by atoms with Crippen molar-refractivity contribution in [2.75, 3.05) is 45.8 Å². The van der Waals surface area contributed by atoms with Gasteiger partial charge in [0.15, 0.2) is 0 Å². The van der Waals surface area contributed by atoms with E-state index in [0.29, 0.717) is 12.3 Å². The normalized spacial score (nSPS) is 19.5. The van der Waals surface area contributed by atoms with E-state index in [-0.39, 0.29) is 5.91 Å². The maximum absolute atomic E-state index is 12.6. The molecule has 1 aromatic rings. The third kappa shape index (κ3) is 5.05. The monoisotopic (exact) mass is 343 g/mol. The largest absolute Gasteiger partial charge is 0.343 e. The molecule has 0 aromatic heterocycles. The molecule has 2 saturated heterocycles. The zero-order chi connectivity index (χ0) is 17.5. The Morgan fingerprint density at radius 2 is 1.48 bits per heavy atom. The Morgan fingerprint density at radius 1 is 0.760 bits per heavy atom. The second-order valence-electron chi connectivity index (χ2n) is 7.04. The quantitative estimate of drug-likeness (QED) is 0.842. The number of hydrogen-bond acceptors (Lipinski definition) is 3. The molecule has 0 unspecified atom stereocenters. The fourth-order valence-corrected chi connectivity index (χ4v) is 3.72. The van der Waals surface area contributed by atoms with Crippen LogP contribution in [0.25, 0.3) is 0 Å². The molecule has 0 aliphatic carbocycles. The van der Waals surface area contributed by atoms with Crippen LogP contribution in [0.15, 0.2) is 30.3 Å². The van der Waals surface area contributed by atoms with Crippen LogP contribution >= 0.6 is 0 Å². The first-order chi connectivity index (χ1) is 12.2. The molecule has 2 fully saturated rings. The zero-order valence-corrected chi connectivity index (χ0v) is 15.0. The van der Waals surface area contributed by atoms with Gasteiger partial charge in [-0.1, -0.05) is 18.2 Å². The zero-order valence-electron chi connectivity index (χ0n) is 15.0. The molecule has 5 heteroatoms. The van der Waals surface area contributed by atoms with E-state index in [4.69, 9.17) is 0 Å². The highest BCUT2D eigenvalue weighted by molar-refractivity contribution is 5.94.